The van der Waals surface area contributed by atoms with E-state index in [0.29, 0.717) is 5.92 Å². The summed E-state index contributed by atoms with van der Waals surface area (Å²) in [6, 6.07) is 0. The zero-order chi connectivity index (χ0) is 6.57. The molecule has 0 aromatic heterocycles. The SMILES string of the molecule is C/C=C(\OC)C(C)C. The number of hydrogen-bond donors (Lipinski definition) is 0. The molecule has 1 heteroatoms. The molecule has 0 spiro atoms. The van der Waals surface area contributed by atoms with Crippen LogP contribution in [0.2, 0.25) is 0 Å². The maximum absolute atomic E-state index is 5.02. The van der Waals surface area contributed by atoms with E-state index < -0.39 is 0 Å². The molecule has 0 aromatic rings. The van der Waals surface area contributed by atoms with Gasteiger partial charge >= 0.3 is 0 Å². The second-order valence-electron chi connectivity index (χ2n) is 2.05. The Morgan fingerprint density at radius 2 is 2.00 bits per heavy atom. The summed E-state index contributed by atoms with van der Waals surface area (Å²) in [6.45, 7) is 6.20. The molecule has 0 radical (unpaired) electrons. The summed E-state index contributed by atoms with van der Waals surface area (Å²) in [4.78, 5) is 0. The third-order valence-electron chi connectivity index (χ3n) is 1.09. The molecule has 0 aromatic carbocycles. The lowest BCUT2D eigenvalue weighted by atomic mass is 10.2. The minimum atomic E-state index is 0.519. The van der Waals surface area contributed by atoms with Gasteiger partial charge in [-0.15, -0.1) is 0 Å². The lowest BCUT2D eigenvalue weighted by Gasteiger charge is -2.07. The normalized spacial score (nSPS) is 12.4. The fourth-order valence-corrected chi connectivity index (χ4v) is 0.687. The number of allylic oxidation sites excluding steroid dienone is 2. The Hall–Kier alpha value is -0.460. The van der Waals surface area contributed by atoms with Crippen LogP contribution in [0.25, 0.3) is 0 Å². The quantitative estimate of drug-likeness (QED) is 0.500. The van der Waals surface area contributed by atoms with Gasteiger partial charge in [0, 0.05) is 5.92 Å². The Balaban J connectivity index is 3.72. The van der Waals surface area contributed by atoms with Gasteiger partial charge in [-0.3, -0.25) is 0 Å². The Morgan fingerprint density at radius 3 is 2.00 bits per heavy atom. The monoisotopic (exact) mass is 114 g/mol. The molecule has 0 saturated carbocycles. The fraction of sp³-hybridized carbons (Fsp3) is 0.714. The van der Waals surface area contributed by atoms with Gasteiger partial charge in [0.15, 0.2) is 0 Å². The van der Waals surface area contributed by atoms with Crippen molar-refractivity contribution < 1.29 is 4.74 Å². The number of rotatable bonds is 2. The lowest BCUT2D eigenvalue weighted by Crippen LogP contribution is -1.94. The van der Waals surface area contributed by atoms with Crippen molar-refractivity contribution in [2.24, 2.45) is 5.92 Å². The van der Waals surface area contributed by atoms with E-state index in [1.165, 1.54) is 0 Å². The number of hydrogen-bond acceptors (Lipinski definition) is 1. The van der Waals surface area contributed by atoms with Crippen molar-refractivity contribution >= 4 is 0 Å². The molecule has 8 heavy (non-hydrogen) atoms. The standard InChI is InChI=1S/C7H14O/c1-5-7(8-4)6(2)3/h5-6H,1-4H3/b7-5-. The van der Waals surface area contributed by atoms with E-state index >= 15 is 0 Å². The summed E-state index contributed by atoms with van der Waals surface area (Å²) >= 11 is 0. The Bertz CT molecular complexity index is 82.4. The van der Waals surface area contributed by atoms with Gasteiger partial charge in [0.2, 0.25) is 0 Å². The highest BCUT2D eigenvalue weighted by atomic mass is 16.5. The van der Waals surface area contributed by atoms with E-state index in [4.69, 9.17) is 4.74 Å². The molecule has 0 amide bonds. The Labute approximate surface area is 51.4 Å². The van der Waals surface area contributed by atoms with Crippen LogP contribution in [-0.2, 0) is 4.74 Å². The second kappa shape index (κ2) is 3.53. The molecule has 0 saturated heterocycles. The van der Waals surface area contributed by atoms with Crippen molar-refractivity contribution in [1.29, 1.82) is 0 Å². The predicted molar refractivity (Wildman–Crippen MR) is 35.6 cm³/mol. The first kappa shape index (κ1) is 7.54. The van der Waals surface area contributed by atoms with Gasteiger partial charge in [0.25, 0.3) is 0 Å². The highest BCUT2D eigenvalue weighted by molar-refractivity contribution is 4.92. The minimum Gasteiger partial charge on any atom is -0.501 e. The summed E-state index contributed by atoms with van der Waals surface area (Å²) in [5, 5.41) is 0. The Morgan fingerprint density at radius 1 is 1.50 bits per heavy atom. The molecule has 0 heterocycles. The summed E-state index contributed by atoms with van der Waals surface area (Å²) in [5.74, 6) is 1.58. The smallest absolute Gasteiger partial charge is 0.0938 e. The van der Waals surface area contributed by atoms with E-state index in [-0.39, 0.29) is 0 Å². The highest BCUT2D eigenvalue weighted by Crippen LogP contribution is 2.07. The maximum Gasteiger partial charge on any atom is 0.0938 e. The van der Waals surface area contributed by atoms with Gasteiger partial charge in [-0.25, -0.2) is 0 Å². The maximum atomic E-state index is 5.02. The molecule has 0 aliphatic carbocycles. The van der Waals surface area contributed by atoms with Crippen molar-refractivity contribution in [3.05, 3.63) is 11.8 Å². The third-order valence-corrected chi connectivity index (χ3v) is 1.09. The van der Waals surface area contributed by atoms with Gasteiger partial charge in [-0.05, 0) is 13.0 Å². The molecular weight excluding hydrogens is 100 g/mol. The predicted octanol–water partition coefficient (Wildman–Crippen LogP) is 2.19. The van der Waals surface area contributed by atoms with Crippen LogP contribution in [0.15, 0.2) is 11.8 Å². The summed E-state index contributed by atoms with van der Waals surface area (Å²) in [5.41, 5.74) is 0. The van der Waals surface area contributed by atoms with E-state index in [0.717, 1.165) is 5.76 Å². The third kappa shape index (κ3) is 2.01. The summed E-state index contributed by atoms with van der Waals surface area (Å²) in [7, 11) is 1.70. The van der Waals surface area contributed by atoms with Crippen molar-refractivity contribution in [1.82, 2.24) is 0 Å². The average Bonchev–Trinajstić information content (AvgIpc) is 1.69. The van der Waals surface area contributed by atoms with Gasteiger partial charge < -0.3 is 4.74 Å². The first-order valence-corrected chi connectivity index (χ1v) is 2.92. The van der Waals surface area contributed by atoms with Crippen LogP contribution < -0.4 is 0 Å². The topological polar surface area (TPSA) is 9.23 Å². The first-order valence-electron chi connectivity index (χ1n) is 2.92. The molecular formula is C7H14O. The van der Waals surface area contributed by atoms with E-state index in [9.17, 15) is 0 Å². The molecule has 48 valence electrons. The fourth-order valence-electron chi connectivity index (χ4n) is 0.687. The van der Waals surface area contributed by atoms with E-state index in [2.05, 4.69) is 13.8 Å². The minimum absolute atomic E-state index is 0.519. The van der Waals surface area contributed by atoms with Crippen LogP contribution in [0.4, 0.5) is 0 Å². The van der Waals surface area contributed by atoms with Crippen LogP contribution in [0.3, 0.4) is 0 Å². The summed E-state index contributed by atoms with van der Waals surface area (Å²) < 4.78 is 5.02. The van der Waals surface area contributed by atoms with Gasteiger partial charge in [0.1, 0.15) is 0 Å². The summed E-state index contributed by atoms with van der Waals surface area (Å²) in [6.07, 6.45) is 1.99. The van der Waals surface area contributed by atoms with Crippen molar-refractivity contribution in [2.75, 3.05) is 7.11 Å². The number of methoxy groups -OCH3 is 1. The molecule has 0 fully saturated rings. The van der Waals surface area contributed by atoms with Crippen LogP contribution >= 0.6 is 0 Å². The van der Waals surface area contributed by atoms with Crippen LogP contribution in [0.1, 0.15) is 20.8 Å². The lowest BCUT2D eigenvalue weighted by molar-refractivity contribution is 0.253. The van der Waals surface area contributed by atoms with Gasteiger partial charge in [0.05, 0.1) is 12.9 Å². The molecule has 0 unspecified atom stereocenters. The molecule has 0 aliphatic heterocycles. The van der Waals surface area contributed by atoms with Crippen molar-refractivity contribution in [3.63, 3.8) is 0 Å². The molecule has 0 bridgehead atoms. The van der Waals surface area contributed by atoms with Crippen LogP contribution in [0.5, 0.6) is 0 Å². The van der Waals surface area contributed by atoms with E-state index in [1.54, 1.807) is 7.11 Å². The van der Waals surface area contributed by atoms with Crippen molar-refractivity contribution in [3.8, 4) is 0 Å². The van der Waals surface area contributed by atoms with Crippen LogP contribution in [0, 0.1) is 5.92 Å². The Kier molecular flexibility index (Phi) is 3.33. The molecule has 0 atom stereocenters. The second-order valence-corrected chi connectivity index (χ2v) is 2.05. The zero-order valence-electron chi connectivity index (χ0n) is 6.06. The largest absolute Gasteiger partial charge is 0.501 e. The average molecular weight is 114 g/mol. The zero-order valence-corrected chi connectivity index (χ0v) is 6.06. The first-order chi connectivity index (χ1) is 3.72. The molecule has 0 N–H and O–H groups in total. The van der Waals surface area contributed by atoms with Gasteiger partial charge in [-0.2, -0.15) is 0 Å². The van der Waals surface area contributed by atoms with Gasteiger partial charge in [-0.1, -0.05) is 13.8 Å². The molecule has 0 rings (SSSR count). The number of ether oxygens (including phenoxy) is 1. The van der Waals surface area contributed by atoms with Crippen molar-refractivity contribution in [2.45, 2.75) is 20.8 Å². The highest BCUT2D eigenvalue weighted by Gasteiger charge is 1.97. The van der Waals surface area contributed by atoms with E-state index in [1.807, 2.05) is 13.0 Å². The molecule has 1 nitrogen and oxygen atoms in total. The van der Waals surface area contributed by atoms with Crippen LogP contribution in [-0.4, -0.2) is 7.11 Å². The molecule has 0 aliphatic rings.